The van der Waals surface area contributed by atoms with E-state index < -0.39 is 0 Å². The number of rotatable bonds is 0. The first kappa shape index (κ1) is 50.8. The van der Waals surface area contributed by atoms with E-state index in [-0.39, 0.29) is 0 Å². The van der Waals surface area contributed by atoms with Crippen molar-refractivity contribution in [2.24, 2.45) is 34.0 Å². The molecular weight excluding hydrogens is 647 g/mol. The standard InChI is InChI=1S/C13H27N.C12H26N2.C12H25N.C11H23N/c1-12(2,3)11-7-9-14(10-8-11)13(4,5)6;1-11(2,3)13-7-9-14(10-8-13)12(4,5)6;1-11(2,3)10-7-8-13(9-10)12(4,5)6;1-10(2,3)9-7-12(8-9)11(4,5)6/h11H,7-10H2,1-6H3;7-10H2,1-6H3;10H,7-9H2,1-6H3;9H,7-8H2,1-6H3. The van der Waals surface area contributed by atoms with Crippen LogP contribution in [-0.4, -0.2) is 118 Å². The van der Waals surface area contributed by atoms with Gasteiger partial charge in [0.15, 0.2) is 0 Å². The van der Waals surface area contributed by atoms with E-state index in [0.717, 1.165) is 17.8 Å². The number of likely N-dealkylation sites (tertiary alicyclic amines) is 3. The van der Waals surface area contributed by atoms with Crippen LogP contribution in [0.1, 0.15) is 185 Å². The third-order valence-electron chi connectivity index (χ3n) is 13.3. The van der Waals surface area contributed by atoms with Crippen molar-refractivity contribution in [3.05, 3.63) is 0 Å². The minimum Gasteiger partial charge on any atom is -0.298 e. The van der Waals surface area contributed by atoms with Crippen LogP contribution in [0.25, 0.3) is 0 Å². The molecule has 4 heterocycles. The Bertz CT molecular complexity index is 889. The normalized spacial score (nSPS) is 23.7. The van der Waals surface area contributed by atoms with Crippen LogP contribution in [0.3, 0.4) is 0 Å². The highest BCUT2D eigenvalue weighted by molar-refractivity contribution is 4.94. The van der Waals surface area contributed by atoms with E-state index in [1.54, 1.807) is 0 Å². The van der Waals surface area contributed by atoms with Crippen molar-refractivity contribution in [3.8, 4) is 0 Å². The van der Waals surface area contributed by atoms with Crippen LogP contribution >= 0.6 is 0 Å². The van der Waals surface area contributed by atoms with Gasteiger partial charge in [-0.3, -0.25) is 24.5 Å². The van der Waals surface area contributed by atoms with Crippen LogP contribution in [0, 0.1) is 34.0 Å². The Labute approximate surface area is 336 Å². The third-order valence-corrected chi connectivity index (χ3v) is 13.3. The van der Waals surface area contributed by atoms with Crippen LogP contribution in [-0.2, 0) is 0 Å². The van der Waals surface area contributed by atoms with E-state index in [2.05, 4.69) is 191 Å². The number of hydrogen-bond donors (Lipinski definition) is 0. The summed E-state index contributed by atoms with van der Waals surface area (Å²) in [6.07, 6.45) is 4.13. The molecule has 1 unspecified atom stereocenters. The summed E-state index contributed by atoms with van der Waals surface area (Å²) in [4.78, 5) is 12.9. The lowest BCUT2D eigenvalue weighted by Gasteiger charge is -2.52. The van der Waals surface area contributed by atoms with Crippen LogP contribution in [0.2, 0.25) is 0 Å². The highest BCUT2D eigenvalue weighted by Gasteiger charge is 2.40. The number of piperazine rings is 1. The van der Waals surface area contributed by atoms with Crippen molar-refractivity contribution in [2.75, 3.05) is 65.4 Å². The minimum atomic E-state index is 0.337. The molecule has 0 amide bonds. The molecule has 0 aromatic heterocycles. The molecule has 0 aromatic carbocycles. The van der Waals surface area contributed by atoms with Gasteiger partial charge in [-0.15, -0.1) is 0 Å². The molecule has 4 rings (SSSR count). The summed E-state index contributed by atoms with van der Waals surface area (Å²) in [6, 6.07) is 0. The molecule has 318 valence electrons. The highest BCUT2D eigenvalue weighted by Crippen LogP contribution is 2.38. The molecule has 4 fully saturated rings. The maximum atomic E-state index is 2.62. The van der Waals surface area contributed by atoms with Gasteiger partial charge in [-0.2, -0.15) is 0 Å². The molecule has 0 saturated carbocycles. The average Bonchev–Trinajstić information content (AvgIpc) is 3.42. The lowest BCUT2D eigenvalue weighted by Crippen LogP contribution is -2.59. The van der Waals surface area contributed by atoms with Crippen LogP contribution in [0.4, 0.5) is 0 Å². The first-order valence-corrected chi connectivity index (χ1v) is 22.1. The summed E-state index contributed by atoms with van der Waals surface area (Å²) in [5.74, 6) is 2.70. The second-order valence-electron chi connectivity index (χ2n) is 25.7. The van der Waals surface area contributed by atoms with Gasteiger partial charge >= 0.3 is 0 Å². The van der Waals surface area contributed by atoms with Gasteiger partial charge in [-0.05, 0) is 177 Å². The lowest BCUT2D eigenvalue weighted by molar-refractivity contribution is -0.0345. The zero-order valence-electron chi connectivity index (χ0n) is 41.2. The molecular formula is C48H101N5. The molecule has 4 saturated heterocycles. The molecule has 4 aliphatic heterocycles. The van der Waals surface area contributed by atoms with Crippen molar-refractivity contribution in [1.82, 2.24) is 24.5 Å². The molecule has 5 nitrogen and oxygen atoms in total. The van der Waals surface area contributed by atoms with E-state index in [1.165, 1.54) is 84.7 Å². The van der Waals surface area contributed by atoms with E-state index in [4.69, 9.17) is 0 Å². The smallest absolute Gasteiger partial charge is 0.0126 e. The highest BCUT2D eigenvalue weighted by atomic mass is 15.3. The molecule has 5 heteroatoms. The van der Waals surface area contributed by atoms with Crippen molar-refractivity contribution in [1.29, 1.82) is 0 Å². The zero-order chi connectivity index (χ0) is 41.8. The van der Waals surface area contributed by atoms with Crippen molar-refractivity contribution < 1.29 is 0 Å². The SMILES string of the molecule is CC(C)(C)C1CCN(C(C)(C)C)C1.CC(C)(C)C1CCN(C(C)(C)C)CC1.CC(C)(C)C1CN(C(C)(C)C)C1.CC(C)(C)N1CCN(C(C)(C)C)CC1. The fourth-order valence-electron chi connectivity index (χ4n) is 8.11. The molecule has 53 heavy (non-hydrogen) atoms. The summed E-state index contributed by atoms with van der Waals surface area (Å²) in [5, 5.41) is 0. The molecule has 0 bridgehead atoms. The van der Waals surface area contributed by atoms with E-state index in [1.807, 2.05) is 0 Å². The number of nitrogens with zero attached hydrogens (tertiary/aromatic N) is 5. The molecule has 1 atom stereocenters. The van der Waals surface area contributed by atoms with Crippen molar-refractivity contribution in [3.63, 3.8) is 0 Å². The van der Waals surface area contributed by atoms with Crippen molar-refractivity contribution in [2.45, 2.75) is 213 Å². The maximum Gasteiger partial charge on any atom is 0.0126 e. The fourth-order valence-corrected chi connectivity index (χ4v) is 8.11. The predicted octanol–water partition coefficient (Wildman–Crippen LogP) is 11.7. The topological polar surface area (TPSA) is 16.2 Å². The molecule has 0 spiro atoms. The summed E-state index contributed by atoms with van der Waals surface area (Å²) >= 11 is 0. The Morgan fingerprint density at radius 3 is 0.698 bits per heavy atom. The van der Waals surface area contributed by atoms with Gasteiger partial charge in [0.25, 0.3) is 0 Å². The van der Waals surface area contributed by atoms with E-state index >= 15 is 0 Å². The summed E-state index contributed by atoms with van der Waals surface area (Å²) in [5.41, 5.74) is 3.27. The Morgan fingerprint density at radius 1 is 0.245 bits per heavy atom. The first-order valence-electron chi connectivity index (χ1n) is 22.1. The lowest BCUT2D eigenvalue weighted by atomic mass is 9.74. The van der Waals surface area contributed by atoms with Crippen LogP contribution < -0.4 is 0 Å². The fraction of sp³-hybridized carbons (Fsp3) is 1.00. The first-order chi connectivity index (χ1) is 23.3. The van der Waals surface area contributed by atoms with Gasteiger partial charge in [-0.25, -0.2) is 0 Å². The number of piperidine rings is 1. The van der Waals surface area contributed by atoms with Gasteiger partial charge < -0.3 is 0 Å². The predicted molar refractivity (Wildman–Crippen MR) is 239 cm³/mol. The number of hydrogen-bond acceptors (Lipinski definition) is 5. The van der Waals surface area contributed by atoms with Crippen molar-refractivity contribution >= 4 is 0 Å². The monoisotopic (exact) mass is 748 g/mol. The summed E-state index contributed by atoms with van der Waals surface area (Å²) in [7, 11) is 0. The maximum absolute atomic E-state index is 2.62. The Morgan fingerprint density at radius 2 is 0.472 bits per heavy atom. The van der Waals surface area contributed by atoms with Gasteiger partial charge in [0, 0.05) is 73.5 Å². The van der Waals surface area contributed by atoms with Gasteiger partial charge in [0.05, 0.1) is 0 Å². The largest absolute Gasteiger partial charge is 0.298 e. The second kappa shape index (κ2) is 18.6. The Hall–Kier alpha value is -0.200. The van der Waals surface area contributed by atoms with Gasteiger partial charge in [0.2, 0.25) is 0 Å². The zero-order valence-corrected chi connectivity index (χ0v) is 41.2. The molecule has 4 aliphatic rings. The van der Waals surface area contributed by atoms with Gasteiger partial charge in [0.1, 0.15) is 0 Å². The Kier molecular flexibility index (Phi) is 17.8. The van der Waals surface area contributed by atoms with E-state index in [9.17, 15) is 0 Å². The average molecular weight is 748 g/mol. The molecule has 0 aromatic rings. The van der Waals surface area contributed by atoms with Crippen LogP contribution in [0.5, 0.6) is 0 Å². The third kappa shape index (κ3) is 17.9. The van der Waals surface area contributed by atoms with Crippen LogP contribution in [0.15, 0.2) is 0 Å². The molecule has 0 N–H and O–H groups in total. The molecule has 0 aliphatic carbocycles. The van der Waals surface area contributed by atoms with E-state index in [0.29, 0.717) is 43.9 Å². The molecule has 0 radical (unpaired) electrons. The quantitative estimate of drug-likeness (QED) is 0.245. The second-order valence-corrected chi connectivity index (χ2v) is 25.7. The summed E-state index contributed by atoms with van der Waals surface area (Å²) < 4.78 is 0. The van der Waals surface area contributed by atoms with Gasteiger partial charge in [-0.1, -0.05) is 62.3 Å². The Balaban J connectivity index is 0.000000354. The summed E-state index contributed by atoms with van der Waals surface area (Å²) in [6.45, 7) is 68.5. The minimum absolute atomic E-state index is 0.337.